The number of rotatable bonds is 5. The number of nitrogens with zero attached hydrogens (tertiary/aromatic N) is 1. The smallest absolute Gasteiger partial charge is 0.130 e. The number of ether oxygens (including phenoxy) is 1. The molecule has 0 unspecified atom stereocenters. The summed E-state index contributed by atoms with van der Waals surface area (Å²) in [6.07, 6.45) is 2.24. The summed E-state index contributed by atoms with van der Waals surface area (Å²) in [5.41, 5.74) is 6.92. The van der Waals surface area contributed by atoms with Crippen LogP contribution < -0.4 is 4.74 Å². The van der Waals surface area contributed by atoms with Gasteiger partial charge in [0, 0.05) is 27.2 Å². The first-order chi connectivity index (χ1) is 12.4. The van der Waals surface area contributed by atoms with Gasteiger partial charge in [-0.15, -0.1) is 0 Å². The molecule has 0 spiro atoms. The molecule has 0 N–H and O–H groups in total. The van der Waals surface area contributed by atoms with Gasteiger partial charge in [-0.05, 0) is 68.5 Å². The van der Waals surface area contributed by atoms with Crippen molar-refractivity contribution in [2.75, 3.05) is 0 Å². The van der Waals surface area contributed by atoms with Crippen LogP contribution in [0, 0.1) is 20.8 Å². The van der Waals surface area contributed by atoms with Crippen LogP contribution in [0.4, 0.5) is 0 Å². The molecule has 0 amide bonds. The van der Waals surface area contributed by atoms with Crippen LogP contribution in [0.15, 0.2) is 40.9 Å². The Morgan fingerprint density at radius 3 is 2.27 bits per heavy atom. The van der Waals surface area contributed by atoms with E-state index in [0.29, 0.717) is 0 Å². The van der Waals surface area contributed by atoms with Crippen LogP contribution >= 0.6 is 15.9 Å². The molecule has 0 saturated carbocycles. The molecule has 26 heavy (non-hydrogen) atoms. The van der Waals surface area contributed by atoms with Crippen LogP contribution in [0.3, 0.4) is 0 Å². The lowest BCUT2D eigenvalue weighted by atomic mass is 9.93. The standard InChI is InChI=1S/C23H26BrNO/c1-6-18(7-2)26-21-13-16(5)25-23-19(21)9-8-10-20(23)22-14(3)11-17(24)12-15(22)4/h8-13,18H,6-7H2,1-5H3. The minimum Gasteiger partial charge on any atom is -0.490 e. The fraction of sp³-hybridized carbons (Fsp3) is 0.348. The van der Waals surface area contributed by atoms with E-state index in [4.69, 9.17) is 9.72 Å². The molecule has 0 bridgehead atoms. The molecule has 0 fully saturated rings. The summed E-state index contributed by atoms with van der Waals surface area (Å²) in [5, 5.41) is 1.08. The Morgan fingerprint density at radius 1 is 1.00 bits per heavy atom. The molecule has 1 aromatic heterocycles. The van der Waals surface area contributed by atoms with Gasteiger partial charge in [-0.1, -0.05) is 41.9 Å². The molecule has 0 aliphatic rings. The van der Waals surface area contributed by atoms with E-state index in [-0.39, 0.29) is 6.10 Å². The van der Waals surface area contributed by atoms with E-state index in [1.807, 2.05) is 6.92 Å². The zero-order valence-electron chi connectivity index (χ0n) is 16.2. The quantitative estimate of drug-likeness (QED) is 0.444. The highest BCUT2D eigenvalue weighted by molar-refractivity contribution is 9.10. The topological polar surface area (TPSA) is 22.1 Å². The van der Waals surface area contributed by atoms with Crippen molar-refractivity contribution in [1.82, 2.24) is 4.98 Å². The van der Waals surface area contributed by atoms with E-state index in [1.165, 1.54) is 22.3 Å². The van der Waals surface area contributed by atoms with Gasteiger partial charge in [0.05, 0.1) is 11.6 Å². The Labute approximate surface area is 164 Å². The zero-order chi connectivity index (χ0) is 18.8. The summed E-state index contributed by atoms with van der Waals surface area (Å²) in [6.45, 7) is 10.7. The summed E-state index contributed by atoms with van der Waals surface area (Å²) in [7, 11) is 0. The van der Waals surface area contributed by atoms with Gasteiger partial charge in [0.2, 0.25) is 0 Å². The molecule has 0 aliphatic heterocycles. The van der Waals surface area contributed by atoms with E-state index in [9.17, 15) is 0 Å². The average Bonchev–Trinajstić information content (AvgIpc) is 2.59. The number of fused-ring (bicyclic) bond motifs is 1. The number of halogens is 1. The van der Waals surface area contributed by atoms with Crippen LogP contribution in [0.2, 0.25) is 0 Å². The van der Waals surface area contributed by atoms with Crippen molar-refractivity contribution in [2.45, 2.75) is 53.6 Å². The van der Waals surface area contributed by atoms with E-state index >= 15 is 0 Å². The van der Waals surface area contributed by atoms with Crippen molar-refractivity contribution in [1.29, 1.82) is 0 Å². The normalized spacial score (nSPS) is 11.3. The summed E-state index contributed by atoms with van der Waals surface area (Å²) in [5.74, 6) is 0.940. The van der Waals surface area contributed by atoms with Gasteiger partial charge in [0.1, 0.15) is 5.75 Å². The fourth-order valence-electron chi connectivity index (χ4n) is 3.61. The molecule has 3 aromatic rings. The second-order valence-electron chi connectivity index (χ2n) is 6.93. The number of hydrogen-bond donors (Lipinski definition) is 0. The zero-order valence-corrected chi connectivity index (χ0v) is 17.8. The highest BCUT2D eigenvalue weighted by Gasteiger charge is 2.16. The molecule has 0 atom stereocenters. The van der Waals surface area contributed by atoms with Gasteiger partial charge in [0.15, 0.2) is 0 Å². The van der Waals surface area contributed by atoms with Crippen LogP contribution in [-0.4, -0.2) is 11.1 Å². The lowest BCUT2D eigenvalue weighted by molar-refractivity contribution is 0.195. The Kier molecular flexibility index (Phi) is 5.67. The molecule has 0 aliphatic carbocycles. The van der Waals surface area contributed by atoms with Crippen molar-refractivity contribution in [3.63, 3.8) is 0 Å². The molecule has 136 valence electrons. The highest BCUT2D eigenvalue weighted by Crippen LogP contribution is 2.37. The predicted octanol–water partition coefficient (Wildman–Crippen LogP) is 7.16. The predicted molar refractivity (Wildman–Crippen MR) is 114 cm³/mol. The largest absolute Gasteiger partial charge is 0.490 e. The number of aromatic nitrogens is 1. The molecular weight excluding hydrogens is 386 g/mol. The molecule has 0 radical (unpaired) electrons. The maximum atomic E-state index is 6.33. The summed E-state index contributed by atoms with van der Waals surface area (Å²) >= 11 is 3.60. The van der Waals surface area contributed by atoms with Crippen molar-refractivity contribution in [3.05, 3.63) is 57.7 Å². The first-order valence-corrected chi connectivity index (χ1v) is 10.1. The second-order valence-corrected chi connectivity index (χ2v) is 7.85. The van der Waals surface area contributed by atoms with Crippen LogP contribution in [0.25, 0.3) is 22.0 Å². The number of aryl methyl sites for hydroxylation is 3. The van der Waals surface area contributed by atoms with Gasteiger partial charge in [-0.3, -0.25) is 4.98 Å². The molecule has 3 rings (SSSR count). The minimum atomic E-state index is 0.236. The van der Waals surface area contributed by atoms with Crippen LogP contribution in [0.1, 0.15) is 43.5 Å². The monoisotopic (exact) mass is 411 g/mol. The third-order valence-electron chi connectivity index (χ3n) is 4.90. The van der Waals surface area contributed by atoms with Gasteiger partial charge in [-0.2, -0.15) is 0 Å². The van der Waals surface area contributed by atoms with Crippen molar-refractivity contribution in [2.24, 2.45) is 0 Å². The Hall–Kier alpha value is -1.87. The molecular formula is C23H26BrNO. The van der Waals surface area contributed by atoms with Crippen molar-refractivity contribution < 1.29 is 4.74 Å². The Bertz CT molecular complexity index is 921. The van der Waals surface area contributed by atoms with Crippen molar-refractivity contribution in [3.8, 4) is 16.9 Å². The molecule has 1 heterocycles. The van der Waals surface area contributed by atoms with Crippen LogP contribution in [0.5, 0.6) is 5.75 Å². The first-order valence-electron chi connectivity index (χ1n) is 9.28. The highest BCUT2D eigenvalue weighted by atomic mass is 79.9. The molecule has 2 aromatic carbocycles. The van der Waals surface area contributed by atoms with E-state index in [2.05, 4.69) is 80.0 Å². The van der Waals surface area contributed by atoms with E-state index in [0.717, 1.165) is 39.7 Å². The van der Waals surface area contributed by atoms with E-state index < -0.39 is 0 Å². The lowest BCUT2D eigenvalue weighted by Gasteiger charge is -2.19. The number of hydrogen-bond acceptors (Lipinski definition) is 2. The van der Waals surface area contributed by atoms with Gasteiger partial charge < -0.3 is 4.74 Å². The molecule has 3 heteroatoms. The Balaban J connectivity index is 2.25. The van der Waals surface area contributed by atoms with Crippen molar-refractivity contribution >= 4 is 26.8 Å². The number of para-hydroxylation sites is 1. The maximum absolute atomic E-state index is 6.33. The summed E-state index contributed by atoms with van der Waals surface area (Å²) in [6, 6.07) is 12.8. The van der Waals surface area contributed by atoms with Gasteiger partial charge >= 0.3 is 0 Å². The molecule has 0 saturated heterocycles. The molecule has 2 nitrogen and oxygen atoms in total. The SMILES string of the molecule is CCC(CC)Oc1cc(C)nc2c(-c3c(C)cc(Br)cc3C)cccc12. The number of pyridine rings is 1. The maximum Gasteiger partial charge on any atom is 0.130 e. The van der Waals surface area contributed by atoms with E-state index in [1.54, 1.807) is 0 Å². The van der Waals surface area contributed by atoms with Crippen LogP contribution in [-0.2, 0) is 0 Å². The Morgan fingerprint density at radius 2 is 1.65 bits per heavy atom. The first kappa shape index (κ1) is 18.9. The summed E-state index contributed by atoms with van der Waals surface area (Å²) < 4.78 is 7.44. The van der Waals surface area contributed by atoms with Gasteiger partial charge in [-0.25, -0.2) is 0 Å². The average molecular weight is 412 g/mol. The fourth-order valence-corrected chi connectivity index (χ4v) is 4.30. The third kappa shape index (κ3) is 3.64. The summed E-state index contributed by atoms with van der Waals surface area (Å²) in [4.78, 5) is 4.88. The second kappa shape index (κ2) is 7.79. The number of benzene rings is 2. The van der Waals surface area contributed by atoms with Gasteiger partial charge in [0.25, 0.3) is 0 Å². The minimum absolute atomic E-state index is 0.236. The third-order valence-corrected chi connectivity index (χ3v) is 5.36. The lowest BCUT2D eigenvalue weighted by Crippen LogP contribution is -2.14.